The van der Waals surface area contributed by atoms with E-state index in [-0.39, 0.29) is 5.41 Å². The zero-order chi connectivity index (χ0) is 18.9. The maximum atomic E-state index is 12.9. The summed E-state index contributed by atoms with van der Waals surface area (Å²) >= 11 is 6.06. The Morgan fingerprint density at radius 2 is 1.54 bits per heavy atom. The van der Waals surface area contributed by atoms with Gasteiger partial charge in [-0.05, 0) is 41.3 Å². The van der Waals surface area contributed by atoms with Crippen LogP contribution in [0.15, 0.2) is 53.4 Å². The molecule has 1 aliphatic rings. The molecule has 0 saturated carbocycles. The summed E-state index contributed by atoms with van der Waals surface area (Å²) in [5.41, 5.74) is 2.16. The van der Waals surface area contributed by atoms with Gasteiger partial charge >= 0.3 is 0 Å². The molecule has 1 saturated heterocycles. The molecule has 3 rings (SSSR count). The molecular formula is C20H25ClN2O2S. The fourth-order valence-electron chi connectivity index (χ4n) is 3.14. The Balaban J connectivity index is 1.72. The van der Waals surface area contributed by atoms with Crippen molar-refractivity contribution in [3.05, 3.63) is 59.1 Å². The van der Waals surface area contributed by atoms with E-state index in [4.69, 9.17) is 11.6 Å². The average molecular weight is 393 g/mol. The molecule has 0 aromatic heterocycles. The van der Waals surface area contributed by atoms with Crippen molar-refractivity contribution in [2.24, 2.45) is 0 Å². The normalized spacial score (nSPS) is 16.7. The molecule has 0 amide bonds. The van der Waals surface area contributed by atoms with Crippen molar-refractivity contribution < 1.29 is 8.42 Å². The molecular weight excluding hydrogens is 368 g/mol. The van der Waals surface area contributed by atoms with Gasteiger partial charge in [-0.1, -0.05) is 50.6 Å². The van der Waals surface area contributed by atoms with Gasteiger partial charge in [0, 0.05) is 36.9 Å². The number of hydrogen-bond acceptors (Lipinski definition) is 3. The van der Waals surface area contributed by atoms with Crippen LogP contribution in [0.1, 0.15) is 26.3 Å². The number of anilines is 1. The number of halogens is 1. The largest absolute Gasteiger partial charge is 0.369 e. The van der Waals surface area contributed by atoms with Crippen LogP contribution in [0.2, 0.25) is 5.02 Å². The van der Waals surface area contributed by atoms with Gasteiger partial charge in [0.05, 0.1) is 4.90 Å². The first-order valence-electron chi connectivity index (χ1n) is 8.79. The van der Waals surface area contributed by atoms with Crippen molar-refractivity contribution in [1.82, 2.24) is 4.31 Å². The van der Waals surface area contributed by atoms with Crippen molar-refractivity contribution in [3.8, 4) is 0 Å². The first-order valence-corrected chi connectivity index (χ1v) is 10.6. The number of benzene rings is 2. The third-order valence-corrected chi connectivity index (χ3v) is 6.92. The molecule has 1 heterocycles. The Morgan fingerprint density at radius 3 is 2.08 bits per heavy atom. The van der Waals surface area contributed by atoms with E-state index in [1.807, 2.05) is 36.4 Å². The van der Waals surface area contributed by atoms with Crippen LogP contribution < -0.4 is 4.90 Å². The van der Waals surface area contributed by atoms with Crippen molar-refractivity contribution >= 4 is 27.3 Å². The molecule has 140 valence electrons. The van der Waals surface area contributed by atoms with Crippen LogP contribution >= 0.6 is 11.6 Å². The van der Waals surface area contributed by atoms with Gasteiger partial charge in [-0.2, -0.15) is 4.31 Å². The number of rotatable bonds is 3. The van der Waals surface area contributed by atoms with Crippen molar-refractivity contribution in [3.63, 3.8) is 0 Å². The molecule has 0 N–H and O–H groups in total. The maximum absolute atomic E-state index is 12.9. The third-order valence-electron chi connectivity index (χ3n) is 4.77. The molecule has 1 fully saturated rings. The number of piperazine rings is 1. The van der Waals surface area contributed by atoms with Gasteiger partial charge < -0.3 is 4.90 Å². The number of nitrogens with zero attached hydrogens (tertiary/aromatic N) is 2. The summed E-state index contributed by atoms with van der Waals surface area (Å²) in [6.45, 7) is 8.59. The van der Waals surface area contributed by atoms with E-state index in [9.17, 15) is 8.42 Å². The third kappa shape index (κ3) is 4.05. The Bertz CT molecular complexity index is 865. The Kier molecular flexibility index (Phi) is 5.33. The Labute approximate surface area is 161 Å². The molecule has 0 spiro atoms. The summed E-state index contributed by atoms with van der Waals surface area (Å²) in [6.07, 6.45) is 0. The van der Waals surface area contributed by atoms with Crippen LogP contribution in [0.25, 0.3) is 0 Å². The molecule has 0 radical (unpaired) electrons. The molecule has 4 nitrogen and oxygen atoms in total. The summed E-state index contributed by atoms with van der Waals surface area (Å²) in [4.78, 5) is 2.53. The molecule has 1 aliphatic heterocycles. The smallest absolute Gasteiger partial charge is 0.243 e. The second kappa shape index (κ2) is 7.22. The lowest BCUT2D eigenvalue weighted by atomic mass is 9.87. The monoisotopic (exact) mass is 392 g/mol. The van der Waals surface area contributed by atoms with Crippen LogP contribution in [-0.4, -0.2) is 38.9 Å². The fourth-order valence-corrected chi connectivity index (χ4v) is 4.74. The summed E-state index contributed by atoms with van der Waals surface area (Å²) < 4.78 is 27.4. The molecule has 26 heavy (non-hydrogen) atoms. The van der Waals surface area contributed by atoms with Crippen LogP contribution in [-0.2, 0) is 15.4 Å². The quantitative estimate of drug-likeness (QED) is 0.787. The lowest BCUT2D eigenvalue weighted by Crippen LogP contribution is -2.48. The van der Waals surface area contributed by atoms with Crippen LogP contribution in [0, 0.1) is 0 Å². The predicted molar refractivity (Wildman–Crippen MR) is 108 cm³/mol. The van der Waals surface area contributed by atoms with E-state index in [1.54, 1.807) is 16.4 Å². The van der Waals surface area contributed by atoms with E-state index in [0.29, 0.717) is 36.1 Å². The van der Waals surface area contributed by atoms with Crippen LogP contribution in [0.4, 0.5) is 5.69 Å². The van der Waals surface area contributed by atoms with E-state index in [2.05, 4.69) is 25.7 Å². The first kappa shape index (κ1) is 19.2. The van der Waals surface area contributed by atoms with Crippen molar-refractivity contribution in [2.45, 2.75) is 31.1 Å². The fraction of sp³-hybridized carbons (Fsp3) is 0.400. The molecule has 0 aliphatic carbocycles. The van der Waals surface area contributed by atoms with Crippen molar-refractivity contribution in [2.75, 3.05) is 31.1 Å². The lowest BCUT2D eigenvalue weighted by Gasteiger charge is -2.35. The molecule has 6 heteroatoms. The zero-order valence-corrected chi connectivity index (χ0v) is 17.0. The van der Waals surface area contributed by atoms with E-state index < -0.39 is 10.0 Å². The van der Waals surface area contributed by atoms with Gasteiger partial charge in [0.2, 0.25) is 10.0 Å². The van der Waals surface area contributed by atoms with Crippen LogP contribution in [0.3, 0.4) is 0 Å². The topological polar surface area (TPSA) is 40.6 Å². The predicted octanol–water partition coefficient (Wildman–Crippen LogP) is 4.15. The highest BCUT2D eigenvalue weighted by Crippen LogP contribution is 2.26. The molecule has 2 aromatic carbocycles. The summed E-state index contributed by atoms with van der Waals surface area (Å²) in [7, 11) is -3.46. The summed E-state index contributed by atoms with van der Waals surface area (Å²) in [5, 5.41) is 0.691. The minimum atomic E-state index is -3.46. The van der Waals surface area contributed by atoms with Gasteiger partial charge in [-0.25, -0.2) is 8.42 Å². The first-order chi connectivity index (χ1) is 12.2. The number of sulfonamides is 1. The second-order valence-electron chi connectivity index (χ2n) is 7.65. The molecule has 0 atom stereocenters. The Hall–Kier alpha value is -1.56. The highest BCUT2D eigenvalue weighted by atomic mass is 35.5. The Morgan fingerprint density at radius 1 is 0.923 bits per heavy atom. The molecule has 0 unspecified atom stereocenters. The van der Waals surface area contributed by atoms with Gasteiger partial charge in [0.15, 0.2) is 0 Å². The summed E-state index contributed by atoms with van der Waals surface area (Å²) in [6, 6.07) is 14.9. The van der Waals surface area contributed by atoms with Gasteiger partial charge in [-0.3, -0.25) is 0 Å². The number of hydrogen-bond donors (Lipinski definition) is 0. The average Bonchev–Trinajstić information content (AvgIpc) is 2.61. The van der Waals surface area contributed by atoms with Gasteiger partial charge in [-0.15, -0.1) is 0 Å². The highest BCUT2D eigenvalue weighted by molar-refractivity contribution is 7.89. The van der Waals surface area contributed by atoms with Crippen molar-refractivity contribution in [1.29, 1.82) is 0 Å². The zero-order valence-electron chi connectivity index (χ0n) is 15.4. The minimum Gasteiger partial charge on any atom is -0.369 e. The van der Waals surface area contributed by atoms with Gasteiger partial charge in [0.25, 0.3) is 0 Å². The highest BCUT2D eigenvalue weighted by Gasteiger charge is 2.29. The molecule has 0 bridgehead atoms. The van der Waals surface area contributed by atoms with Gasteiger partial charge in [0.1, 0.15) is 0 Å². The van der Waals surface area contributed by atoms with Crippen LogP contribution in [0.5, 0.6) is 0 Å². The lowest BCUT2D eigenvalue weighted by molar-refractivity contribution is 0.385. The maximum Gasteiger partial charge on any atom is 0.243 e. The standard InChI is InChI=1S/C20H25ClN2O2S/c1-20(2,3)16-7-9-19(10-8-16)26(24,25)23-13-11-22(12-14-23)18-6-4-5-17(21)15-18/h4-10,15H,11-14H2,1-3H3. The minimum absolute atomic E-state index is 0.00484. The SMILES string of the molecule is CC(C)(C)c1ccc(S(=O)(=O)N2CCN(c3cccc(Cl)c3)CC2)cc1. The van der Waals surface area contributed by atoms with E-state index in [0.717, 1.165) is 11.3 Å². The van der Waals surface area contributed by atoms with E-state index in [1.165, 1.54) is 0 Å². The summed E-state index contributed by atoms with van der Waals surface area (Å²) in [5.74, 6) is 0. The second-order valence-corrected chi connectivity index (χ2v) is 10.0. The molecule has 2 aromatic rings. The van der Waals surface area contributed by atoms with E-state index >= 15 is 0 Å².